The summed E-state index contributed by atoms with van der Waals surface area (Å²) >= 11 is 0. The van der Waals surface area contributed by atoms with E-state index in [-0.39, 0.29) is 0 Å². The average molecular weight is 354 g/mol. The van der Waals surface area contributed by atoms with Crippen molar-refractivity contribution in [3.63, 3.8) is 0 Å². The third-order valence-electron chi connectivity index (χ3n) is 5.21. The predicted molar refractivity (Wildman–Crippen MR) is 107 cm³/mol. The fourth-order valence-electron chi connectivity index (χ4n) is 3.51. The molecule has 2 aromatic rings. The molecule has 26 heavy (non-hydrogen) atoms. The number of hydrogen-bond acceptors (Lipinski definition) is 5. The van der Waals surface area contributed by atoms with E-state index >= 15 is 0 Å². The van der Waals surface area contributed by atoms with Gasteiger partial charge in [0, 0.05) is 45.1 Å². The lowest BCUT2D eigenvalue weighted by Gasteiger charge is -2.31. The summed E-state index contributed by atoms with van der Waals surface area (Å²) in [6.45, 7) is 7.15. The molecular weight excluding hydrogens is 322 g/mol. The van der Waals surface area contributed by atoms with E-state index in [1.165, 1.54) is 24.8 Å². The third-order valence-corrected chi connectivity index (χ3v) is 5.21. The van der Waals surface area contributed by atoms with Gasteiger partial charge in [-0.05, 0) is 63.0 Å². The van der Waals surface area contributed by atoms with Crippen molar-refractivity contribution in [3.8, 4) is 0 Å². The molecule has 5 nitrogen and oxygen atoms in total. The molecule has 2 aromatic heterocycles. The summed E-state index contributed by atoms with van der Waals surface area (Å²) in [7, 11) is 2.08. The maximum atomic E-state index is 4.64. The lowest BCUT2D eigenvalue weighted by molar-refractivity contribution is 0.162. The van der Waals surface area contributed by atoms with E-state index in [1.54, 1.807) is 0 Å². The van der Waals surface area contributed by atoms with Gasteiger partial charge >= 0.3 is 0 Å². The molecule has 0 saturated carbocycles. The quantitative estimate of drug-likeness (QED) is 0.829. The Morgan fingerprint density at radius 1 is 1.08 bits per heavy atom. The highest BCUT2D eigenvalue weighted by atomic mass is 15.2. The molecule has 1 aliphatic heterocycles. The lowest BCUT2D eigenvalue weighted by Crippen LogP contribution is -2.35. The van der Waals surface area contributed by atoms with Crippen molar-refractivity contribution in [3.05, 3.63) is 54.0 Å². The minimum absolute atomic E-state index is 0.588. The molecule has 0 radical (unpaired) electrons. The van der Waals surface area contributed by atoms with Crippen LogP contribution in [-0.4, -0.2) is 47.6 Å². The third kappa shape index (κ3) is 5.26. The standard InChI is InChI=1S/C21H31N5/c1-3-25(2)21-10-9-18(15-24-21)16-26(17-19-7-4-5-13-23-19)20-8-6-12-22-14-11-20/h4-5,7,9-10,13,15,20,22H,3,6,8,11-12,14,16-17H2,1-2H3. The van der Waals surface area contributed by atoms with Crippen molar-refractivity contribution in [2.45, 2.75) is 45.3 Å². The van der Waals surface area contributed by atoms with Crippen LogP contribution in [0.15, 0.2) is 42.7 Å². The van der Waals surface area contributed by atoms with E-state index in [9.17, 15) is 0 Å². The van der Waals surface area contributed by atoms with Crippen molar-refractivity contribution in [1.29, 1.82) is 0 Å². The molecule has 1 fully saturated rings. The minimum atomic E-state index is 0.588. The monoisotopic (exact) mass is 353 g/mol. The van der Waals surface area contributed by atoms with Gasteiger partial charge in [0.25, 0.3) is 0 Å². The second-order valence-electron chi connectivity index (χ2n) is 7.10. The Morgan fingerprint density at radius 3 is 2.73 bits per heavy atom. The minimum Gasteiger partial charge on any atom is -0.360 e. The molecule has 1 aliphatic rings. The Balaban J connectivity index is 1.73. The Labute approximate surface area is 157 Å². The topological polar surface area (TPSA) is 44.3 Å². The number of anilines is 1. The average Bonchev–Trinajstić information content (AvgIpc) is 2.98. The molecular formula is C21H31N5. The Kier molecular flexibility index (Phi) is 6.97. The lowest BCUT2D eigenvalue weighted by atomic mass is 10.1. The molecule has 1 atom stereocenters. The van der Waals surface area contributed by atoms with Gasteiger partial charge in [-0.3, -0.25) is 9.88 Å². The van der Waals surface area contributed by atoms with Gasteiger partial charge in [0.15, 0.2) is 0 Å². The number of aromatic nitrogens is 2. The molecule has 3 rings (SSSR count). The predicted octanol–water partition coefficient (Wildman–Crippen LogP) is 3.08. The number of pyridine rings is 2. The maximum absolute atomic E-state index is 4.64. The van der Waals surface area contributed by atoms with Gasteiger partial charge in [-0.15, -0.1) is 0 Å². The second kappa shape index (κ2) is 9.64. The van der Waals surface area contributed by atoms with Gasteiger partial charge in [-0.1, -0.05) is 12.1 Å². The van der Waals surface area contributed by atoms with Gasteiger partial charge in [0.05, 0.1) is 5.69 Å². The van der Waals surface area contributed by atoms with Crippen LogP contribution in [0.1, 0.15) is 37.4 Å². The molecule has 0 aliphatic carbocycles. The van der Waals surface area contributed by atoms with E-state index in [0.29, 0.717) is 6.04 Å². The fraction of sp³-hybridized carbons (Fsp3) is 0.524. The molecule has 0 amide bonds. The summed E-state index contributed by atoms with van der Waals surface area (Å²) in [6, 6.07) is 11.1. The van der Waals surface area contributed by atoms with E-state index in [0.717, 1.165) is 44.2 Å². The first-order valence-corrected chi connectivity index (χ1v) is 9.77. The largest absolute Gasteiger partial charge is 0.360 e. The summed E-state index contributed by atoms with van der Waals surface area (Å²) in [5.41, 5.74) is 2.41. The van der Waals surface area contributed by atoms with Crippen molar-refractivity contribution in [1.82, 2.24) is 20.2 Å². The van der Waals surface area contributed by atoms with Crippen molar-refractivity contribution >= 4 is 5.82 Å². The van der Waals surface area contributed by atoms with Crippen LogP contribution >= 0.6 is 0 Å². The van der Waals surface area contributed by atoms with Gasteiger partial charge in [0.1, 0.15) is 5.82 Å². The zero-order chi connectivity index (χ0) is 18.2. The van der Waals surface area contributed by atoms with Crippen molar-refractivity contribution in [2.24, 2.45) is 0 Å². The van der Waals surface area contributed by atoms with E-state index in [2.05, 4.69) is 63.3 Å². The summed E-state index contributed by atoms with van der Waals surface area (Å²) in [5.74, 6) is 1.03. The van der Waals surface area contributed by atoms with Crippen LogP contribution in [0, 0.1) is 0 Å². The zero-order valence-corrected chi connectivity index (χ0v) is 16.1. The first-order chi connectivity index (χ1) is 12.8. The smallest absolute Gasteiger partial charge is 0.128 e. The summed E-state index contributed by atoms with van der Waals surface area (Å²) in [5, 5.41) is 3.53. The van der Waals surface area contributed by atoms with E-state index in [4.69, 9.17) is 0 Å². The molecule has 0 aromatic carbocycles. The molecule has 0 bridgehead atoms. The van der Waals surface area contributed by atoms with Gasteiger partial charge < -0.3 is 10.2 Å². The summed E-state index contributed by atoms with van der Waals surface area (Å²) in [6.07, 6.45) is 7.59. The van der Waals surface area contributed by atoms with E-state index < -0.39 is 0 Å². The normalized spacial score (nSPS) is 17.9. The van der Waals surface area contributed by atoms with Crippen LogP contribution < -0.4 is 10.2 Å². The fourth-order valence-corrected chi connectivity index (χ4v) is 3.51. The molecule has 140 valence electrons. The number of rotatable bonds is 7. The SMILES string of the molecule is CCN(C)c1ccc(CN(Cc2ccccn2)C2CCCNCC2)cn1. The molecule has 0 spiro atoms. The highest BCUT2D eigenvalue weighted by molar-refractivity contribution is 5.38. The molecule has 5 heteroatoms. The van der Waals surface area contributed by atoms with Crippen LogP contribution in [0.4, 0.5) is 5.82 Å². The highest BCUT2D eigenvalue weighted by Gasteiger charge is 2.21. The first kappa shape index (κ1) is 18.8. The summed E-state index contributed by atoms with van der Waals surface area (Å²) < 4.78 is 0. The molecule has 1 saturated heterocycles. The van der Waals surface area contributed by atoms with Crippen LogP contribution in [-0.2, 0) is 13.1 Å². The first-order valence-electron chi connectivity index (χ1n) is 9.77. The van der Waals surface area contributed by atoms with Crippen LogP contribution in [0.5, 0.6) is 0 Å². The zero-order valence-electron chi connectivity index (χ0n) is 16.1. The molecule has 1 unspecified atom stereocenters. The number of nitrogens with one attached hydrogen (secondary N) is 1. The number of nitrogens with zero attached hydrogens (tertiary/aromatic N) is 4. The van der Waals surface area contributed by atoms with Crippen molar-refractivity contribution < 1.29 is 0 Å². The highest BCUT2D eigenvalue weighted by Crippen LogP contribution is 2.20. The van der Waals surface area contributed by atoms with Gasteiger partial charge in [-0.2, -0.15) is 0 Å². The maximum Gasteiger partial charge on any atom is 0.128 e. The Bertz CT molecular complexity index is 635. The van der Waals surface area contributed by atoms with Gasteiger partial charge in [0.2, 0.25) is 0 Å². The number of hydrogen-bond donors (Lipinski definition) is 1. The molecule has 1 N–H and O–H groups in total. The Hall–Kier alpha value is -1.98. The van der Waals surface area contributed by atoms with Crippen LogP contribution in [0.2, 0.25) is 0 Å². The summed E-state index contributed by atoms with van der Waals surface area (Å²) in [4.78, 5) is 13.9. The Morgan fingerprint density at radius 2 is 2.00 bits per heavy atom. The van der Waals surface area contributed by atoms with Crippen LogP contribution in [0.25, 0.3) is 0 Å². The van der Waals surface area contributed by atoms with E-state index in [1.807, 2.05) is 18.5 Å². The second-order valence-corrected chi connectivity index (χ2v) is 7.10. The van der Waals surface area contributed by atoms with Crippen LogP contribution in [0.3, 0.4) is 0 Å². The van der Waals surface area contributed by atoms with Crippen molar-refractivity contribution in [2.75, 3.05) is 31.6 Å². The van der Waals surface area contributed by atoms with Gasteiger partial charge in [-0.25, -0.2) is 4.98 Å². The molecule has 3 heterocycles.